The maximum absolute atomic E-state index is 6.14. The molecule has 1 aromatic carbocycles. The van der Waals surface area contributed by atoms with Crippen LogP contribution in [-0.4, -0.2) is 0 Å². The van der Waals surface area contributed by atoms with Crippen molar-refractivity contribution in [3.05, 3.63) is 59.9 Å². The van der Waals surface area contributed by atoms with E-state index in [9.17, 15) is 0 Å². The third-order valence-electron chi connectivity index (χ3n) is 2.58. The number of nitrogens with zero attached hydrogens (tertiary/aromatic N) is 1. The molecule has 2 aromatic heterocycles. The van der Waals surface area contributed by atoms with E-state index in [0.29, 0.717) is 0 Å². The Morgan fingerprint density at radius 2 is 1.69 bits per heavy atom. The Morgan fingerprint density at radius 3 is 2.50 bits per heavy atom. The van der Waals surface area contributed by atoms with Crippen molar-refractivity contribution < 1.29 is 16.8 Å². The fourth-order valence-corrected chi connectivity index (χ4v) is 2.05. The predicted octanol–water partition coefficient (Wildman–Crippen LogP) is 0.236. The third-order valence-corrected chi connectivity index (χ3v) is 2.90. The summed E-state index contributed by atoms with van der Waals surface area (Å²) in [6.45, 7) is 0. The zero-order valence-corrected chi connectivity index (χ0v) is 9.91. The van der Waals surface area contributed by atoms with Gasteiger partial charge in [0.2, 0.25) is 5.52 Å². The van der Waals surface area contributed by atoms with Crippen molar-refractivity contribution in [2.75, 3.05) is 0 Å². The summed E-state index contributed by atoms with van der Waals surface area (Å²) in [6.07, 6.45) is 4.10. The zero-order chi connectivity index (χ0) is 10.3. The zero-order valence-electron chi connectivity index (χ0n) is 8.40. The minimum Gasteiger partial charge on any atom is -1.00 e. The van der Waals surface area contributed by atoms with Gasteiger partial charge in [0.1, 0.15) is 5.02 Å². The minimum atomic E-state index is 0. The summed E-state index contributed by atoms with van der Waals surface area (Å²) in [5, 5.41) is 3.21. The van der Waals surface area contributed by atoms with Gasteiger partial charge in [0.15, 0.2) is 12.4 Å². The molecule has 3 heteroatoms. The van der Waals surface area contributed by atoms with Crippen molar-refractivity contribution in [3.63, 3.8) is 0 Å². The van der Waals surface area contributed by atoms with E-state index in [1.165, 1.54) is 10.8 Å². The van der Waals surface area contributed by atoms with E-state index < -0.39 is 0 Å². The van der Waals surface area contributed by atoms with Gasteiger partial charge >= 0.3 is 0 Å². The Hall–Kier alpha value is -1.31. The fraction of sp³-hybridized carbons (Fsp3) is 0. The van der Waals surface area contributed by atoms with E-state index in [4.69, 9.17) is 11.6 Å². The number of hydrogen-bond donors (Lipinski definition) is 0. The summed E-state index contributed by atoms with van der Waals surface area (Å²) in [4.78, 5) is 0. The smallest absolute Gasteiger partial charge is 0.229 e. The van der Waals surface area contributed by atoms with Gasteiger partial charge in [0.05, 0.1) is 0 Å². The van der Waals surface area contributed by atoms with E-state index in [-0.39, 0.29) is 12.4 Å². The Kier molecular flexibility index (Phi) is 2.99. The summed E-state index contributed by atoms with van der Waals surface area (Å²) in [6, 6.07) is 14.2. The molecule has 3 rings (SSSR count). The lowest BCUT2D eigenvalue weighted by molar-refractivity contribution is -0.510. The molecular weight excluding hydrogens is 241 g/mol. The van der Waals surface area contributed by atoms with Crippen molar-refractivity contribution in [2.45, 2.75) is 0 Å². The van der Waals surface area contributed by atoms with Gasteiger partial charge in [-0.1, -0.05) is 29.8 Å². The van der Waals surface area contributed by atoms with Crippen LogP contribution in [0.2, 0.25) is 5.02 Å². The summed E-state index contributed by atoms with van der Waals surface area (Å²) < 4.78 is 2.05. The molecule has 0 aliphatic carbocycles. The largest absolute Gasteiger partial charge is 1.00 e. The van der Waals surface area contributed by atoms with E-state index in [0.717, 1.165) is 10.5 Å². The first-order chi connectivity index (χ1) is 7.34. The van der Waals surface area contributed by atoms with Crippen LogP contribution >= 0.6 is 11.6 Å². The van der Waals surface area contributed by atoms with Gasteiger partial charge in [-0.3, -0.25) is 0 Å². The van der Waals surface area contributed by atoms with Gasteiger partial charge in [0, 0.05) is 17.5 Å². The molecule has 0 amide bonds. The Labute approximate surface area is 105 Å². The second-order valence-corrected chi connectivity index (χ2v) is 3.96. The van der Waals surface area contributed by atoms with Gasteiger partial charge in [-0.15, -0.1) is 0 Å². The van der Waals surface area contributed by atoms with Crippen LogP contribution in [0.3, 0.4) is 0 Å². The lowest BCUT2D eigenvalue weighted by Gasteiger charge is -1.97. The maximum atomic E-state index is 6.14. The summed E-state index contributed by atoms with van der Waals surface area (Å²) in [5.74, 6) is 0. The lowest BCUT2D eigenvalue weighted by Crippen LogP contribution is -3.00. The van der Waals surface area contributed by atoms with Crippen molar-refractivity contribution >= 4 is 27.9 Å². The average Bonchev–Trinajstić information content (AvgIpc) is 2.27. The highest BCUT2D eigenvalue weighted by Crippen LogP contribution is 2.18. The number of aromatic nitrogens is 1. The van der Waals surface area contributed by atoms with Crippen molar-refractivity contribution in [3.8, 4) is 0 Å². The van der Waals surface area contributed by atoms with E-state index in [1.807, 2.05) is 34.9 Å². The molecule has 0 unspecified atom stereocenters. The molecule has 0 N–H and O–H groups in total. The van der Waals surface area contributed by atoms with Crippen molar-refractivity contribution in [1.29, 1.82) is 0 Å². The first-order valence-corrected chi connectivity index (χ1v) is 5.21. The topological polar surface area (TPSA) is 4.10 Å². The van der Waals surface area contributed by atoms with Crippen LogP contribution in [0, 0.1) is 0 Å². The number of pyridine rings is 2. The van der Waals surface area contributed by atoms with E-state index in [1.54, 1.807) is 0 Å². The molecule has 16 heavy (non-hydrogen) atoms. The van der Waals surface area contributed by atoms with Gasteiger partial charge in [-0.2, -0.15) is 4.40 Å². The lowest BCUT2D eigenvalue weighted by atomic mass is 10.1. The summed E-state index contributed by atoms with van der Waals surface area (Å²) in [7, 11) is 0. The fourth-order valence-electron chi connectivity index (χ4n) is 1.82. The maximum Gasteiger partial charge on any atom is 0.229 e. The molecule has 3 aromatic rings. The van der Waals surface area contributed by atoms with Gasteiger partial charge in [-0.05, 0) is 17.5 Å². The number of halogens is 2. The molecule has 0 aliphatic heterocycles. The standard InChI is InChI=1S/C13H9ClN.ClH/c14-12-6-3-7-15-9-11-5-2-1-4-10(11)8-13(12)15;/h1-9H;1H/q+1;/p-1. The molecule has 0 atom stereocenters. The first-order valence-electron chi connectivity index (χ1n) is 4.83. The van der Waals surface area contributed by atoms with Crippen LogP contribution in [0.4, 0.5) is 0 Å². The van der Waals surface area contributed by atoms with Crippen LogP contribution in [0.5, 0.6) is 0 Å². The Bertz CT molecular complexity index is 650. The molecule has 80 valence electrons. The average molecular weight is 250 g/mol. The number of benzene rings is 1. The second-order valence-electron chi connectivity index (χ2n) is 3.55. The molecule has 0 radical (unpaired) electrons. The van der Waals surface area contributed by atoms with E-state index in [2.05, 4.69) is 24.4 Å². The normalized spacial score (nSPS) is 10.3. The van der Waals surface area contributed by atoms with Gasteiger partial charge < -0.3 is 12.4 Å². The number of fused-ring (bicyclic) bond motifs is 2. The van der Waals surface area contributed by atoms with Crippen LogP contribution in [0.15, 0.2) is 54.9 Å². The monoisotopic (exact) mass is 249 g/mol. The van der Waals surface area contributed by atoms with Crippen molar-refractivity contribution in [2.24, 2.45) is 0 Å². The van der Waals surface area contributed by atoms with E-state index >= 15 is 0 Å². The molecule has 0 aliphatic rings. The number of rotatable bonds is 0. The van der Waals surface area contributed by atoms with Crippen LogP contribution in [0.1, 0.15) is 0 Å². The van der Waals surface area contributed by atoms with Crippen LogP contribution in [-0.2, 0) is 0 Å². The Balaban J connectivity index is 0.000000963. The molecule has 0 fully saturated rings. The quantitative estimate of drug-likeness (QED) is 0.397. The summed E-state index contributed by atoms with van der Waals surface area (Å²) in [5.41, 5.74) is 1.04. The first kappa shape index (κ1) is 11.2. The number of hydrogen-bond acceptors (Lipinski definition) is 0. The molecule has 2 heterocycles. The Morgan fingerprint density at radius 1 is 0.938 bits per heavy atom. The van der Waals surface area contributed by atoms with Gasteiger partial charge in [-0.25, -0.2) is 0 Å². The van der Waals surface area contributed by atoms with Crippen LogP contribution < -0.4 is 16.8 Å². The highest BCUT2D eigenvalue weighted by Gasteiger charge is 2.07. The molecule has 0 spiro atoms. The molecule has 0 saturated carbocycles. The molecule has 1 nitrogen and oxygen atoms in total. The second kappa shape index (κ2) is 4.28. The molecular formula is C13H9Cl2N. The summed E-state index contributed by atoms with van der Waals surface area (Å²) >= 11 is 6.14. The third kappa shape index (κ3) is 1.73. The molecule has 0 bridgehead atoms. The van der Waals surface area contributed by atoms with Gasteiger partial charge in [0.25, 0.3) is 0 Å². The molecule has 0 saturated heterocycles. The minimum absolute atomic E-state index is 0. The highest BCUT2D eigenvalue weighted by atomic mass is 35.5. The van der Waals surface area contributed by atoms with Crippen LogP contribution in [0.25, 0.3) is 16.3 Å². The predicted molar refractivity (Wildman–Crippen MR) is 62.1 cm³/mol. The van der Waals surface area contributed by atoms with Crippen molar-refractivity contribution in [1.82, 2.24) is 0 Å². The SMILES string of the molecule is Clc1ccc[n+]2cc3ccccc3cc12.[Cl-]. The highest BCUT2D eigenvalue weighted by molar-refractivity contribution is 6.33.